The zero-order chi connectivity index (χ0) is 21.6. The Morgan fingerprint density at radius 1 is 0.839 bits per heavy atom. The van der Waals surface area contributed by atoms with Gasteiger partial charge in [-0.2, -0.15) is 5.10 Å². The predicted molar refractivity (Wildman–Crippen MR) is 112 cm³/mol. The topological polar surface area (TPSA) is 76.5 Å². The number of carbonyl (C=O) groups excluding carboxylic acids is 1. The average molecular weight is 418 g/mol. The minimum absolute atomic E-state index is 0.282. The van der Waals surface area contributed by atoms with Crippen LogP contribution in [-0.2, 0) is 4.79 Å². The van der Waals surface area contributed by atoms with Gasteiger partial charge in [-0.1, -0.05) is 0 Å². The molecule has 4 rings (SSSR count). The van der Waals surface area contributed by atoms with Crippen LogP contribution in [0.5, 0.6) is 5.75 Å². The van der Waals surface area contributed by atoms with E-state index in [1.54, 1.807) is 30.6 Å². The van der Waals surface area contributed by atoms with E-state index in [0.717, 1.165) is 0 Å². The predicted octanol–water partition coefficient (Wildman–Crippen LogP) is 3.86. The minimum atomic E-state index is -0.499. The number of hydrogen-bond acceptors (Lipinski definition) is 5. The first-order chi connectivity index (χ1) is 15.1. The van der Waals surface area contributed by atoms with Crippen molar-refractivity contribution >= 4 is 22.7 Å². The summed E-state index contributed by atoms with van der Waals surface area (Å²) in [7, 11) is 0. The number of benzene rings is 3. The fourth-order valence-corrected chi connectivity index (χ4v) is 2.84. The number of nitrogens with zero attached hydrogens (tertiary/aromatic N) is 3. The molecule has 0 radical (unpaired) electrons. The highest BCUT2D eigenvalue weighted by atomic mass is 19.1. The van der Waals surface area contributed by atoms with Crippen molar-refractivity contribution in [2.75, 3.05) is 6.61 Å². The van der Waals surface area contributed by atoms with Gasteiger partial charge >= 0.3 is 0 Å². The molecule has 0 spiro atoms. The fourth-order valence-electron chi connectivity index (χ4n) is 2.84. The van der Waals surface area contributed by atoms with E-state index in [1.165, 1.54) is 48.5 Å². The summed E-state index contributed by atoms with van der Waals surface area (Å²) >= 11 is 0. The molecule has 3 aromatic carbocycles. The Morgan fingerprint density at radius 3 is 2.03 bits per heavy atom. The Labute approximate surface area is 176 Å². The van der Waals surface area contributed by atoms with Crippen LogP contribution >= 0.6 is 0 Å². The molecule has 0 fully saturated rings. The molecule has 154 valence electrons. The molecular formula is C23H16F2N4O2. The molecule has 0 aliphatic rings. The van der Waals surface area contributed by atoms with Crippen LogP contribution in [0.15, 0.2) is 84.2 Å². The zero-order valence-electron chi connectivity index (χ0n) is 16.1. The minimum Gasteiger partial charge on any atom is -0.484 e. The Morgan fingerprint density at radius 2 is 1.42 bits per heavy atom. The summed E-state index contributed by atoms with van der Waals surface area (Å²) in [5, 5.41) is 4.16. The number of nitrogens with one attached hydrogen (secondary N) is 1. The van der Waals surface area contributed by atoms with E-state index in [1.807, 2.05) is 0 Å². The first kappa shape index (κ1) is 20.1. The Kier molecular flexibility index (Phi) is 5.89. The molecule has 4 aromatic rings. The second kappa shape index (κ2) is 9.08. The normalized spacial score (nSPS) is 10.5. The quantitative estimate of drug-likeness (QED) is 0.381. The van der Waals surface area contributed by atoms with Crippen molar-refractivity contribution in [3.63, 3.8) is 0 Å². The Hall–Kier alpha value is -4.20. The number of halogens is 2. The molecule has 0 aliphatic heterocycles. The molecular weight excluding hydrogens is 402 g/mol. The maximum Gasteiger partial charge on any atom is 0.277 e. The van der Waals surface area contributed by atoms with Crippen LogP contribution in [0.1, 0.15) is 11.1 Å². The number of ether oxygens (including phenoxy) is 1. The van der Waals surface area contributed by atoms with Crippen molar-refractivity contribution in [1.82, 2.24) is 15.4 Å². The molecule has 1 aromatic heterocycles. The van der Waals surface area contributed by atoms with E-state index >= 15 is 0 Å². The van der Waals surface area contributed by atoms with Crippen LogP contribution in [0.4, 0.5) is 8.78 Å². The summed E-state index contributed by atoms with van der Waals surface area (Å²) in [5.41, 5.74) is 5.26. The van der Waals surface area contributed by atoms with Gasteiger partial charge in [0.25, 0.3) is 5.91 Å². The third-order valence-electron chi connectivity index (χ3n) is 4.34. The highest BCUT2D eigenvalue weighted by molar-refractivity contribution is 6.13. The van der Waals surface area contributed by atoms with E-state index in [4.69, 9.17) is 4.74 Å². The number of rotatable bonds is 6. The SMILES string of the molecule is O=C(COc1ccc2nccnc2c1)NN=C(c1ccc(F)cc1)c1ccc(F)cc1. The average Bonchev–Trinajstić information content (AvgIpc) is 2.80. The van der Waals surface area contributed by atoms with E-state index < -0.39 is 17.5 Å². The molecule has 0 saturated heterocycles. The third kappa shape index (κ3) is 5.05. The maximum absolute atomic E-state index is 13.3. The van der Waals surface area contributed by atoms with Crippen molar-refractivity contribution in [3.8, 4) is 5.75 Å². The number of hydrogen-bond donors (Lipinski definition) is 1. The van der Waals surface area contributed by atoms with Gasteiger partial charge < -0.3 is 4.74 Å². The Bertz CT molecular complexity index is 1200. The van der Waals surface area contributed by atoms with Crippen molar-refractivity contribution in [2.24, 2.45) is 5.10 Å². The number of fused-ring (bicyclic) bond motifs is 1. The van der Waals surface area contributed by atoms with Gasteiger partial charge in [0.2, 0.25) is 0 Å². The van der Waals surface area contributed by atoms with Crippen molar-refractivity contribution in [2.45, 2.75) is 0 Å². The first-order valence-electron chi connectivity index (χ1n) is 9.30. The molecule has 0 aliphatic carbocycles. The van der Waals surface area contributed by atoms with Gasteiger partial charge in [-0.05, 0) is 60.7 Å². The lowest BCUT2D eigenvalue weighted by Gasteiger charge is -2.09. The van der Waals surface area contributed by atoms with Crippen LogP contribution < -0.4 is 10.2 Å². The van der Waals surface area contributed by atoms with Gasteiger partial charge in [0.15, 0.2) is 6.61 Å². The molecule has 31 heavy (non-hydrogen) atoms. The van der Waals surface area contributed by atoms with Crippen molar-refractivity contribution in [3.05, 3.63) is 102 Å². The maximum atomic E-state index is 13.3. The second-order valence-corrected chi connectivity index (χ2v) is 6.50. The standard InChI is InChI=1S/C23H16F2N4O2/c24-17-5-1-15(2-6-17)23(16-3-7-18(25)8-4-16)29-28-22(30)14-31-19-9-10-20-21(13-19)27-12-11-26-20/h1-13H,14H2,(H,28,30). The summed E-state index contributed by atoms with van der Waals surface area (Å²) in [6.07, 6.45) is 3.16. The van der Waals surface area contributed by atoms with Crippen LogP contribution in [0.2, 0.25) is 0 Å². The van der Waals surface area contributed by atoms with Gasteiger partial charge in [-0.3, -0.25) is 14.8 Å². The lowest BCUT2D eigenvalue weighted by molar-refractivity contribution is -0.123. The third-order valence-corrected chi connectivity index (χ3v) is 4.34. The van der Waals surface area contributed by atoms with Gasteiger partial charge in [-0.25, -0.2) is 14.2 Å². The van der Waals surface area contributed by atoms with E-state index in [-0.39, 0.29) is 6.61 Å². The van der Waals surface area contributed by atoms with Crippen LogP contribution in [-0.4, -0.2) is 28.2 Å². The largest absolute Gasteiger partial charge is 0.484 e. The summed E-state index contributed by atoms with van der Waals surface area (Å²) < 4.78 is 32.1. The number of amides is 1. The van der Waals surface area contributed by atoms with Crippen LogP contribution in [0.25, 0.3) is 11.0 Å². The number of aromatic nitrogens is 2. The highest BCUT2D eigenvalue weighted by Crippen LogP contribution is 2.17. The van der Waals surface area contributed by atoms with Gasteiger partial charge in [-0.15, -0.1) is 0 Å². The second-order valence-electron chi connectivity index (χ2n) is 6.50. The molecule has 1 amide bonds. The zero-order valence-corrected chi connectivity index (χ0v) is 16.1. The number of carbonyl (C=O) groups is 1. The van der Waals surface area contributed by atoms with Gasteiger partial charge in [0, 0.05) is 29.6 Å². The van der Waals surface area contributed by atoms with Gasteiger partial charge in [0.1, 0.15) is 17.4 Å². The highest BCUT2D eigenvalue weighted by Gasteiger charge is 2.10. The Balaban J connectivity index is 1.48. The lowest BCUT2D eigenvalue weighted by atomic mass is 10.0. The molecule has 6 nitrogen and oxygen atoms in total. The number of hydrazone groups is 1. The fraction of sp³-hybridized carbons (Fsp3) is 0.0435. The molecule has 0 atom stereocenters. The summed E-state index contributed by atoms with van der Waals surface area (Å²) in [5.74, 6) is -0.843. The lowest BCUT2D eigenvalue weighted by Crippen LogP contribution is -2.26. The van der Waals surface area contributed by atoms with Crippen molar-refractivity contribution < 1.29 is 18.3 Å². The van der Waals surface area contributed by atoms with Crippen LogP contribution in [0.3, 0.4) is 0 Å². The summed E-state index contributed by atoms with van der Waals surface area (Å²) in [6, 6.07) is 16.3. The van der Waals surface area contributed by atoms with E-state index in [9.17, 15) is 13.6 Å². The summed E-state index contributed by atoms with van der Waals surface area (Å²) in [6.45, 7) is -0.282. The van der Waals surface area contributed by atoms with E-state index in [0.29, 0.717) is 33.6 Å². The molecule has 0 bridgehead atoms. The molecule has 1 heterocycles. The van der Waals surface area contributed by atoms with E-state index in [2.05, 4.69) is 20.5 Å². The molecule has 1 N–H and O–H groups in total. The van der Waals surface area contributed by atoms with Crippen molar-refractivity contribution in [1.29, 1.82) is 0 Å². The van der Waals surface area contributed by atoms with Gasteiger partial charge in [0.05, 0.1) is 16.7 Å². The molecule has 0 saturated carbocycles. The monoisotopic (exact) mass is 418 g/mol. The van der Waals surface area contributed by atoms with Crippen LogP contribution in [0, 0.1) is 11.6 Å². The molecule has 0 unspecified atom stereocenters. The first-order valence-corrected chi connectivity index (χ1v) is 9.30. The smallest absolute Gasteiger partial charge is 0.277 e. The summed E-state index contributed by atoms with van der Waals surface area (Å²) in [4.78, 5) is 20.6. The molecule has 8 heteroatoms.